The molecule has 0 bridgehead atoms. The fourth-order valence-electron chi connectivity index (χ4n) is 1.91. The molecule has 0 aliphatic carbocycles. The van der Waals surface area contributed by atoms with Gasteiger partial charge in [0, 0.05) is 19.5 Å². The summed E-state index contributed by atoms with van der Waals surface area (Å²) >= 11 is 0. The number of carbonyl (C=O) groups is 1. The minimum absolute atomic E-state index is 0.0283. The summed E-state index contributed by atoms with van der Waals surface area (Å²) in [4.78, 5) is 12.6. The average Bonchev–Trinajstić information content (AvgIpc) is 2.38. The minimum atomic E-state index is -4.38. The molecule has 0 aliphatic rings. The molecule has 0 aliphatic heterocycles. The molecule has 0 heterocycles. The number of aryl methyl sites for hydroxylation is 1. The normalized spacial score (nSPS) is 11.4. The first-order valence-corrected chi connectivity index (χ1v) is 6.51. The minimum Gasteiger partial charge on any atom is -0.332 e. The Hall–Kier alpha value is -1.56. The van der Waals surface area contributed by atoms with E-state index in [2.05, 4.69) is 0 Å². The van der Waals surface area contributed by atoms with Gasteiger partial charge in [-0.15, -0.1) is 0 Å². The van der Waals surface area contributed by atoms with Crippen LogP contribution >= 0.6 is 0 Å². The van der Waals surface area contributed by atoms with Crippen LogP contribution in [0, 0.1) is 0 Å². The van der Waals surface area contributed by atoms with E-state index in [0.29, 0.717) is 12.8 Å². The number of carbonyl (C=O) groups excluding carboxylic acids is 1. The van der Waals surface area contributed by atoms with E-state index in [1.54, 1.807) is 0 Å². The second kappa shape index (κ2) is 7.89. The molecule has 0 fully saturated rings. The molecule has 1 rings (SSSR count). The molecule has 0 atom stereocenters. The molecule has 0 unspecified atom stereocenters. The second-order valence-electron chi connectivity index (χ2n) is 4.56. The van der Waals surface area contributed by atoms with Gasteiger partial charge in [-0.2, -0.15) is 13.2 Å². The fourth-order valence-corrected chi connectivity index (χ4v) is 1.91. The molecule has 20 heavy (non-hydrogen) atoms. The quantitative estimate of drug-likeness (QED) is 0.837. The van der Waals surface area contributed by atoms with Crippen molar-refractivity contribution in [1.29, 1.82) is 0 Å². The van der Waals surface area contributed by atoms with Crippen LogP contribution in [0.5, 0.6) is 0 Å². The predicted octanol–water partition coefficient (Wildman–Crippen LogP) is 2.36. The Morgan fingerprint density at radius 2 is 1.85 bits per heavy atom. The number of hydrogen-bond donors (Lipinski definition) is 1. The van der Waals surface area contributed by atoms with E-state index < -0.39 is 18.6 Å². The summed E-state index contributed by atoms with van der Waals surface area (Å²) in [6, 6.07) is 9.53. The van der Waals surface area contributed by atoms with Gasteiger partial charge in [-0.1, -0.05) is 30.3 Å². The van der Waals surface area contributed by atoms with E-state index in [1.165, 1.54) is 0 Å². The summed E-state index contributed by atoms with van der Waals surface area (Å²) in [5.74, 6) is -0.497. The zero-order valence-corrected chi connectivity index (χ0v) is 11.2. The Balaban J connectivity index is 2.42. The van der Waals surface area contributed by atoms with Gasteiger partial charge >= 0.3 is 6.18 Å². The molecule has 112 valence electrons. The van der Waals surface area contributed by atoms with Crippen LogP contribution in [0.3, 0.4) is 0 Å². The van der Waals surface area contributed by atoms with Gasteiger partial charge < -0.3 is 10.6 Å². The van der Waals surface area contributed by atoms with Crippen molar-refractivity contribution in [3.05, 3.63) is 35.9 Å². The number of amides is 1. The zero-order valence-electron chi connectivity index (χ0n) is 11.2. The Morgan fingerprint density at radius 3 is 2.40 bits per heavy atom. The van der Waals surface area contributed by atoms with Crippen molar-refractivity contribution in [2.24, 2.45) is 5.73 Å². The number of rotatable bonds is 7. The van der Waals surface area contributed by atoms with Crippen molar-refractivity contribution in [3.63, 3.8) is 0 Å². The van der Waals surface area contributed by atoms with E-state index in [1.807, 2.05) is 30.3 Å². The van der Waals surface area contributed by atoms with Crippen molar-refractivity contribution >= 4 is 5.91 Å². The molecule has 0 spiro atoms. The monoisotopic (exact) mass is 288 g/mol. The highest BCUT2D eigenvalue weighted by atomic mass is 19.4. The van der Waals surface area contributed by atoms with Crippen LogP contribution in [-0.2, 0) is 11.2 Å². The largest absolute Gasteiger partial charge is 0.406 e. The summed E-state index contributed by atoms with van der Waals surface area (Å²) in [5.41, 5.74) is 6.32. The average molecular weight is 288 g/mol. The highest BCUT2D eigenvalue weighted by Crippen LogP contribution is 2.17. The summed E-state index contributed by atoms with van der Waals surface area (Å²) in [7, 11) is 0. The molecule has 0 saturated carbocycles. The van der Waals surface area contributed by atoms with E-state index >= 15 is 0 Å². The molecule has 6 heteroatoms. The lowest BCUT2D eigenvalue weighted by Crippen LogP contribution is -2.41. The van der Waals surface area contributed by atoms with E-state index in [4.69, 9.17) is 5.73 Å². The molecule has 1 amide bonds. The first-order chi connectivity index (χ1) is 9.42. The maximum Gasteiger partial charge on any atom is 0.406 e. The maximum absolute atomic E-state index is 12.3. The van der Waals surface area contributed by atoms with Crippen LogP contribution in [0.15, 0.2) is 30.3 Å². The summed E-state index contributed by atoms with van der Waals surface area (Å²) in [6.07, 6.45) is -3.08. The van der Waals surface area contributed by atoms with Crippen molar-refractivity contribution in [3.8, 4) is 0 Å². The van der Waals surface area contributed by atoms with Crippen molar-refractivity contribution < 1.29 is 18.0 Å². The highest BCUT2D eigenvalue weighted by molar-refractivity contribution is 5.76. The van der Waals surface area contributed by atoms with Gasteiger partial charge in [0.15, 0.2) is 0 Å². The maximum atomic E-state index is 12.3. The van der Waals surface area contributed by atoms with Gasteiger partial charge in [0.1, 0.15) is 6.54 Å². The van der Waals surface area contributed by atoms with Crippen LogP contribution in [0.25, 0.3) is 0 Å². The second-order valence-corrected chi connectivity index (χ2v) is 4.56. The first kappa shape index (κ1) is 16.5. The SMILES string of the molecule is NCCN(CC(F)(F)F)C(=O)CCCc1ccccc1. The van der Waals surface area contributed by atoms with Crippen LogP contribution in [0.2, 0.25) is 0 Å². The van der Waals surface area contributed by atoms with Crippen molar-refractivity contribution in [2.45, 2.75) is 25.4 Å². The van der Waals surface area contributed by atoms with Crippen LogP contribution in [0.1, 0.15) is 18.4 Å². The Morgan fingerprint density at radius 1 is 1.20 bits per heavy atom. The van der Waals surface area contributed by atoms with Gasteiger partial charge in [-0.25, -0.2) is 0 Å². The smallest absolute Gasteiger partial charge is 0.332 e. The molecular weight excluding hydrogens is 269 g/mol. The number of hydrogen-bond acceptors (Lipinski definition) is 2. The van der Waals surface area contributed by atoms with Crippen LogP contribution in [0.4, 0.5) is 13.2 Å². The van der Waals surface area contributed by atoms with Gasteiger partial charge in [0.25, 0.3) is 0 Å². The Kier molecular flexibility index (Phi) is 6.51. The lowest BCUT2D eigenvalue weighted by molar-refractivity contribution is -0.161. The van der Waals surface area contributed by atoms with Gasteiger partial charge in [-0.3, -0.25) is 4.79 Å². The lowest BCUT2D eigenvalue weighted by Gasteiger charge is -2.23. The zero-order chi connectivity index (χ0) is 15.0. The Labute approximate surface area is 116 Å². The van der Waals surface area contributed by atoms with Gasteiger partial charge in [0.2, 0.25) is 5.91 Å². The fraction of sp³-hybridized carbons (Fsp3) is 0.500. The summed E-state index contributed by atoms with van der Waals surface area (Å²) in [5, 5.41) is 0. The highest BCUT2D eigenvalue weighted by Gasteiger charge is 2.32. The molecule has 0 radical (unpaired) electrons. The Bertz CT molecular complexity index is 407. The molecule has 1 aromatic carbocycles. The molecule has 0 saturated heterocycles. The number of alkyl halides is 3. The van der Waals surface area contributed by atoms with E-state index in [0.717, 1.165) is 10.5 Å². The molecular formula is C14H19F3N2O. The topological polar surface area (TPSA) is 46.3 Å². The molecule has 0 aromatic heterocycles. The van der Waals surface area contributed by atoms with E-state index in [-0.39, 0.29) is 19.5 Å². The number of nitrogens with zero attached hydrogens (tertiary/aromatic N) is 1. The number of benzene rings is 1. The standard InChI is InChI=1S/C14H19F3N2O/c15-14(16,17)11-19(10-9-18)13(20)8-4-7-12-5-2-1-3-6-12/h1-3,5-6H,4,7-11,18H2. The third-order valence-corrected chi connectivity index (χ3v) is 2.82. The summed E-state index contributed by atoms with van der Waals surface area (Å²) in [6.45, 7) is -1.27. The predicted molar refractivity (Wildman–Crippen MR) is 71.1 cm³/mol. The number of halogens is 3. The third kappa shape index (κ3) is 6.56. The van der Waals surface area contributed by atoms with Crippen LogP contribution < -0.4 is 5.73 Å². The van der Waals surface area contributed by atoms with Crippen molar-refractivity contribution in [1.82, 2.24) is 4.90 Å². The number of nitrogens with two attached hydrogens (primary N) is 1. The first-order valence-electron chi connectivity index (χ1n) is 6.51. The molecule has 2 N–H and O–H groups in total. The lowest BCUT2D eigenvalue weighted by atomic mass is 10.1. The summed E-state index contributed by atoms with van der Waals surface area (Å²) < 4.78 is 37.0. The van der Waals surface area contributed by atoms with E-state index in [9.17, 15) is 18.0 Å². The van der Waals surface area contributed by atoms with Crippen LogP contribution in [-0.4, -0.2) is 36.6 Å². The molecule has 1 aromatic rings. The van der Waals surface area contributed by atoms with Gasteiger partial charge in [0.05, 0.1) is 0 Å². The van der Waals surface area contributed by atoms with Gasteiger partial charge in [-0.05, 0) is 18.4 Å². The molecule has 3 nitrogen and oxygen atoms in total. The third-order valence-electron chi connectivity index (χ3n) is 2.82. The van der Waals surface area contributed by atoms with Crippen molar-refractivity contribution in [2.75, 3.05) is 19.6 Å².